The molecule has 1 heterocycles. The third-order valence-electron chi connectivity index (χ3n) is 2.88. The molecule has 0 aliphatic carbocycles. The number of hydrogen-bond acceptors (Lipinski definition) is 3. The van der Waals surface area contributed by atoms with Crippen molar-refractivity contribution in [2.45, 2.75) is 12.5 Å². The minimum Gasteiger partial charge on any atom is -0.380 e. The van der Waals surface area contributed by atoms with Gasteiger partial charge >= 0.3 is 0 Å². The molecule has 1 aliphatic rings. The zero-order chi connectivity index (χ0) is 10.7. The largest absolute Gasteiger partial charge is 0.380 e. The average Bonchev–Trinajstić information content (AvgIpc) is 2.77. The summed E-state index contributed by atoms with van der Waals surface area (Å²) in [5.41, 5.74) is 1.78. The molecule has 0 saturated carbocycles. The molecular weight excluding hydrogens is 190 g/mol. The van der Waals surface area contributed by atoms with E-state index < -0.39 is 0 Å². The number of carbonyl (C=O) groups excluding carboxylic acids is 1. The first-order chi connectivity index (χ1) is 7.35. The summed E-state index contributed by atoms with van der Waals surface area (Å²) in [6.45, 7) is 1.84. The van der Waals surface area contributed by atoms with Crippen molar-refractivity contribution < 1.29 is 9.53 Å². The van der Waals surface area contributed by atoms with Crippen LogP contribution in [0.5, 0.6) is 0 Å². The molecular formula is C12H15NO2. The second-order valence-electron chi connectivity index (χ2n) is 3.77. The predicted octanol–water partition coefficient (Wildman–Crippen LogP) is 1.72. The molecule has 3 nitrogen and oxygen atoms in total. The summed E-state index contributed by atoms with van der Waals surface area (Å²) in [5, 5.41) is 0. The first-order valence-electron chi connectivity index (χ1n) is 5.17. The van der Waals surface area contributed by atoms with Crippen LogP contribution in [0.25, 0.3) is 0 Å². The van der Waals surface area contributed by atoms with Gasteiger partial charge in [0, 0.05) is 31.5 Å². The molecule has 0 aromatic heterocycles. The highest BCUT2D eigenvalue weighted by Gasteiger charge is 2.23. The topological polar surface area (TPSA) is 29.5 Å². The van der Waals surface area contributed by atoms with Crippen LogP contribution in [-0.2, 0) is 4.74 Å². The summed E-state index contributed by atoms with van der Waals surface area (Å²) < 4.78 is 5.31. The van der Waals surface area contributed by atoms with Crippen molar-refractivity contribution >= 4 is 12.0 Å². The quantitative estimate of drug-likeness (QED) is 0.704. The molecule has 0 radical (unpaired) electrons. The number of rotatable bonds is 3. The van der Waals surface area contributed by atoms with Crippen LogP contribution in [0, 0.1) is 0 Å². The summed E-state index contributed by atoms with van der Waals surface area (Å²) in [7, 11) is 1.74. The Kier molecular flexibility index (Phi) is 3.02. The van der Waals surface area contributed by atoms with Crippen LogP contribution in [0.4, 0.5) is 5.69 Å². The minimum absolute atomic E-state index is 0.296. The van der Waals surface area contributed by atoms with Crippen LogP contribution in [0.3, 0.4) is 0 Å². The van der Waals surface area contributed by atoms with Crippen LogP contribution in [0.2, 0.25) is 0 Å². The van der Waals surface area contributed by atoms with Crippen molar-refractivity contribution in [1.82, 2.24) is 0 Å². The smallest absolute Gasteiger partial charge is 0.152 e. The van der Waals surface area contributed by atoms with E-state index >= 15 is 0 Å². The lowest BCUT2D eigenvalue weighted by Gasteiger charge is -2.19. The number of nitrogens with zero attached hydrogens (tertiary/aromatic N) is 1. The number of para-hydroxylation sites is 1. The summed E-state index contributed by atoms with van der Waals surface area (Å²) in [6.07, 6.45) is 2.24. The first kappa shape index (κ1) is 10.2. The number of benzene rings is 1. The average molecular weight is 205 g/mol. The summed E-state index contributed by atoms with van der Waals surface area (Å²) in [6, 6.07) is 7.68. The molecule has 1 aliphatic heterocycles. The molecule has 0 N–H and O–H groups in total. The zero-order valence-electron chi connectivity index (χ0n) is 8.85. The zero-order valence-corrected chi connectivity index (χ0v) is 8.85. The van der Waals surface area contributed by atoms with Crippen molar-refractivity contribution in [1.29, 1.82) is 0 Å². The van der Waals surface area contributed by atoms with Crippen LogP contribution in [0.15, 0.2) is 24.3 Å². The molecule has 3 heteroatoms. The molecule has 1 aromatic rings. The lowest BCUT2D eigenvalue weighted by Crippen LogP contribution is -2.23. The highest BCUT2D eigenvalue weighted by molar-refractivity contribution is 5.84. The van der Waals surface area contributed by atoms with E-state index in [0.717, 1.165) is 37.0 Å². The summed E-state index contributed by atoms with van der Waals surface area (Å²) in [5.74, 6) is 0. The SMILES string of the molecule is COC1CCN(c2ccccc2C=O)C1. The van der Waals surface area contributed by atoms with Gasteiger partial charge in [-0.2, -0.15) is 0 Å². The Hall–Kier alpha value is -1.35. The predicted molar refractivity (Wildman–Crippen MR) is 59.5 cm³/mol. The van der Waals surface area contributed by atoms with Gasteiger partial charge in [0.1, 0.15) is 0 Å². The molecule has 1 saturated heterocycles. The Balaban J connectivity index is 2.19. The third-order valence-corrected chi connectivity index (χ3v) is 2.88. The van der Waals surface area contributed by atoms with Gasteiger partial charge in [-0.3, -0.25) is 4.79 Å². The molecule has 1 aromatic carbocycles. The molecule has 0 spiro atoms. The fourth-order valence-corrected chi connectivity index (χ4v) is 2.01. The van der Waals surface area contributed by atoms with Crippen molar-refractivity contribution in [3.05, 3.63) is 29.8 Å². The molecule has 1 unspecified atom stereocenters. The minimum atomic E-state index is 0.296. The highest BCUT2D eigenvalue weighted by atomic mass is 16.5. The number of anilines is 1. The van der Waals surface area contributed by atoms with E-state index in [9.17, 15) is 4.79 Å². The van der Waals surface area contributed by atoms with Crippen molar-refractivity contribution in [2.75, 3.05) is 25.1 Å². The highest BCUT2D eigenvalue weighted by Crippen LogP contribution is 2.24. The van der Waals surface area contributed by atoms with Crippen molar-refractivity contribution in [2.24, 2.45) is 0 Å². The first-order valence-corrected chi connectivity index (χ1v) is 5.17. The lowest BCUT2D eigenvalue weighted by molar-refractivity contribution is 0.112. The number of hydrogen-bond donors (Lipinski definition) is 0. The Morgan fingerprint density at radius 2 is 2.27 bits per heavy atom. The normalized spacial score (nSPS) is 20.6. The van der Waals surface area contributed by atoms with E-state index in [4.69, 9.17) is 4.74 Å². The van der Waals surface area contributed by atoms with Gasteiger partial charge in [-0.1, -0.05) is 12.1 Å². The number of carbonyl (C=O) groups is 1. The lowest BCUT2D eigenvalue weighted by atomic mass is 10.2. The monoisotopic (exact) mass is 205 g/mol. The second kappa shape index (κ2) is 4.45. The molecule has 2 rings (SSSR count). The van der Waals surface area contributed by atoms with Crippen LogP contribution >= 0.6 is 0 Å². The maximum absolute atomic E-state index is 10.9. The maximum atomic E-state index is 10.9. The Morgan fingerprint density at radius 1 is 1.47 bits per heavy atom. The van der Waals surface area contributed by atoms with Gasteiger partial charge < -0.3 is 9.64 Å². The fraction of sp³-hybridized carbons (Fsp3) is 0.417. The Morgan fingerprint density at radius 3 is 2.93 bits per heavy atom. The molecule has 0 amide bonds. The second-order valence-corrected chi connectivity index (χ2v) is 3.77. The Bertz CT molecular complexity index is 351. The molecule has 1 fully saturated rings. The maximum Gasteiger partial charge on any atom is 0.152 e. The fourth-order valence-electron chi connectivity index (χ4n) is 2.01. The van der Waals surface area contributed by atoms with Crippen molar-refractivity contribution in [3.8, 4) is 0 Å². The van der Waals surface area contributed by atoms with Gasteiger partial charge in [0.15, 0.2) is 6.29 Å². The van der Waals surface area contributed by atoms with Gasteiger partial charge in [-0.25, -0.2) is 0 Å². The van der Waals surface area contributed by atoms with E-state index in [2.05, 4.69) is 4.90 Å². The van der Waals surface area contributed by atoms with E-state index in [-0.39, 0.29) is 0 Å². The Labute approximate surface area is 89.7 Å². The molecule has 0 bridgehead atoms. The van der Waals surface area contributed by atoms with Gasteiger partial charge in [-0.15, -0.1) is 0 Å². The molecule has 1 atom stereocenters. The van der Waals surface area contributed by atoms with Gasteiger partial charge in [0.2, 0.25) is 0 Å². The number of methoxy groups -OCH3 is 1. The van der Waals surface area contributed by atoms with Crippen LogP contribution in [0.1, 0.15) is 16.8 Å². The van der Waals surface area contributed by atoms with E-state index in [1.165, 1.54) is 0 Å². The summed E-state index contributed by atoms with van der Waals surface area (Å²) >= 11 is 0. The summed E-state index contributed by atoms with van der Waals surface area (Å²) in [4.78, 5) is 13.1. The van der Waals surface area contributed by atoms with Gasteiger partial charge in [0.25, 0.3) is 0 Å². The van der Waals surface area contributed by atoms with Gasteiger partial charge in [0.05, 0.1) is 6.10 Å². The van der Waals surface area contributed by atoms with Crippen LogP contribution in [-0.4, -0.2) is 32.6 Å². The standard InChI is InChI=1S/C12H15NO2/c1-15-11-6-7-13(8-11)12-5-3-2-4-10(12)9-14/h2-5,9,11H,6-8H2,1H3. The number of aldehydes is 1. The van der Waals surface area contributed by atoms with Crippen LogP contribution < -0.4 is 4.90 Å². The molecule has 15 heavy (non-hydrogen) atoms. The van der Waals surface area contributed by atoms with E-state index in [0.29, 0.717) is 6.10 Å². The van der Waals surface area contributed by atoms with Crippen molar-refractivity contribution in [3.63, 3.8) is 0 Å². The molecule has 80 valence electrons. The third kappa shape index (κ3) is 2.02. The van der Waals surface area contributed by atoms with E-state index in [1.807, 2.05) is 24.3 Å². The van der Waals surface area contributed by atoms with E-state index in [1.54, 1.807) is 7.11 Å². The number of ether oxygens (including phenoxy) is 1. The van der Waals surface area contributed by atoms with Gasteiger partial charge in [-0.05, 0) is 18.6 Å².